The highest BCUT2D eigenvalue weighted by molar-refractivity contribution is 6.06. The van der Waals surface area contributed by atoms with Crippen molar-refractivity contribution in [2.75, 3.05) is 10.2 Å². The molecule has 2 aromatic rings. The summed E-state index contributed by atoms with van der Waals surface area (Å²) >= 11 is 0. The van der Waals surface area contributed by atoms with E-state index in [1.807, 2.05) is 25.1 Å². The standard InChI is InChI=1S/C21H23N3O2/c1-13-18(24-12-19(24)14(2)25)9-15(11-22-13)20(26)23-17-8-6-7-16(10-17)21(3,4)5/h6-12H,1-5H3,(H,23,26). The molecule has 1 aromatic carbocycles. The zero-order valence-corrected chi connectivity index (χ0v) is 15.8. The van der Waals surface area contributed by atoms with Gasteiger partial charge in [0.25, 0.3) is 5.91 Å². The number of allylic oxidation sites excluding steroid dienone is 1. The molecule has 5 nitrogen and oxygen atoms in total. The van der Waals surface area contributed by atoms with Gasteiger partial charge in [0.1, 0.15) is 5.70 Å². The van der Waals surface area contributed by atoms with Crippen LogP contribution in [-0.2, 0) is 10.2 Å². The van der Waals surface area contributed by atoms with Gasteiger partial charge in [-0.3, -0.25) is 14.6 Å². The molecule has 1 N–H and O–H groups in total. The number of anilines is 2. The third kappa shape index (κ3) is 3.67. The summed E-state index contributed by atoms with van der Waals surface area (Å²) < 4.78 is 0. The van der Waals surface area contributed by atoms with E-state index in [0.717, 1.165) is 22.6 Å². The summed E-state index contributed by atoms with van der Waals surface area (Å²) in [7, 11) is 0. The maximum Gasteiger partial charge on any atom is 0.257 e. The highest BCUT2D eigenvalue weighted by Crippen LogP contribution is 2.33. The third-order valence-corrected chi connectivity index (χ3v) is 4.37. The van der Waals surface area contributed by atoms with Gasteiger partial charge < -0.3 is 10.2 Å². The van der Waals surface area contributed by atoms with Crippen LogP contribution < -0.4 is 10.2 Å². The van der Waals surface area contributed by atoms with Gasteiger partial charge in [-0.1, -0.05) is 32.9 Å². The van der Waals surface area contributed by atoms with Crippen LogP contribution in [0.2, 0.25) is 0 Å². The minimum Gasteiger partial charge on any atom is -0.322 e. The van der Waals surface area contributed by atoms with Crippen molar-refractivity contribution in [2.45, 2.75) is 40.0 Å². The number of pyridine rings is 1. The van der Waals surface area contributed by atoms with Crippen LogP contribution in [0, 0.1) is 6.92 Å². The average Bonchev–Trinajstić information content (AvgIpc) is 3.35. The number of nitrogens with zero attached hydrogens (tertiary/aromatic N) is 2. The van der Waals surface area contributed by atoms with Gasteiger partial charge in [-0.2, -0.15) is 0 Å². The van der Waals surface area contributed by atoms with Crippen LogP contribution >= 0.6 is 0 Å². The van der Waals surface area contributed by atoms with E-state index in [4.69, 9.17) is 0 Å². The quantitative estimate of drug-likeness (QED) is 0.899. The Morgan fingerprint density at radius 2 is 1.88 bits per heavy atom. The van der Waals surface area contributed by atoms with Crippen LogP contribution in [0.1, 0.15) is 49.3 Å². The predicted octanol–water partition coefficient (Wildman–Crippen LogP) is 4.19. The third-order valence-electron chi connectivity index (χ3n) is 4.37. The smallest absolute Gasteiger partial charge is 0.257 e. The van der Waals surface area contributed by atoms with Crippen LogP contribution in [0.4, 0.5) is 11.4 Å². The van der Waals surface area contributed by atoms with Crippen LogP contribution in [0.3, 0.4) is 0 Å². The van der Waals surface area contributed by atoms with E-state index in [9.17, 15) is 9.59 Å². The van der Waals surface area contributed by atoms with Gasteiger partial charge in [0, 0.05) is 25.0 Å². The topological polar surface area (TPSA) is 62.1 Å². The van der Waals surface area contributed by atoms with Crippen molar-refractivity contribution in [1.29, 1.82) is 0 Å². The van der Waals surface area contributed by atoms with Crippen LogP contribution in [0.15, 0.2) is 48.4 Å². The lowest BCUT2D eigenvalue weighted by Gasteiger charge is -2.20. The highest BCUT2D eigenvalue weighted by atomic mass is 16.1. The van der Waals surface area contributed by atoms with Crippen molar-refractivity contribution in [2.24, 2.45) is 0 Å². The molecule has 1 aromatic heterocycles. The van der Waals surface area contributed by atoms with Gasteiger partial charge in [-0.05, 0) is 36.1 Å². The van der Waals surface area contributed by atoms with E-state index in [1.165, 1.54) is 6.92 Å². The van der Waals surface area contributed by atoms with Crippen molar-refractivity contribution < 1.29 is 9.59 Å². The Labute approximate surface area is 153 Å². The number of hydrogen-bond acceptors (Lipinski definition) is 4. The van der Waals surface area contributed by atoms with Crippen molar-refractivity contribution in [3.8, 4) is 0 Å². The molecule has 1 aliphatic heterocycles. The van der Waals surface area contributed by atoms with E-state index >= 15 is 0 Å². The van der Waals surface area contributed by atoms with E-state index in [-0.39, 0.29) is 17.1 Å². The number of Topliss-reactive ketones (excluding diaryl/α,β-unsaturated/α-hetero) is 1. The number of benzene rings is 1. The molecule has 1 aliphatic rings. The second-order valence-corrected chi connectivity index (χ2v) is 7.55. The maximum absolute atomic E-state index is 12.6. The van der Waals surface area contributed by atoms with E-state index in [2.05, 4.69) is 37.1 Å². The zero-order chi connectivity index (χ0) is 19.1. The van der Waals surface area contributed by atoms with Gasteiger partial charge in [0.05, 0.1) is 16.9 Å². The minimum absolute atomic E-state index is 0.00162. The van der Waals surface area contributed by atoms with Crippen molar-refractivity contribution in [1.82, 2.24) is 4.98 Å². The van der Waals surface area contributed by atoms with Gasteiger partial charge in [-0.25, -0.2) is 0 Å². The monoisotopic (exact) mass is 349 g/mol. The van der Waals surface area contributed by atoms with Crippen LogP contribution in [0.25, 0.3) is 0 Å². The fourth-order valence-corrected chi connectivity index (χ4v) is 2.71. The second kappa shape index (κ2) is 6.41. The lowest BCUT2D eigenvalue weighted by Crippen LogP contribution is -2.15. The molecular weight excluding hydrogens is 326 g/mol. The highest BCUT2D eigenvalue weighted by Gasteiger charge is 2.28. The molecule has 1 amide bonds. The Bertz CT molecular complexity index is 923. The first-order valence-corrected chi connectivity index (χ1v) is 8.57. The summed E-state index contributed by atoms with van der Waals surface area (Å²) in [4.78, 5) is 30.2. The maximum atomic E-state index is 12.6. The largest absolute Gasteiger partial charge is 0.322 e. The number of amides is 1. The number of hydrogen-bond donors (Lipinski definition) is 1. The van der Waals surface area contributed by atoms with Crippen LogP contribution in [-0.4, -0.2) is 16.7 Å². The summed E-state index contributed by atoms with van der Waals surface area (Å²) in [6.45, 7) is 9.77. The predicted molar refractivity (Wildman–Crippen MR) is 103 cm³/mol. The molecule has 2 heterocycles. The molecular formula is C21H23N3O2. The van der Waals surface area contributed by atoms with Gasteiger partial charge in [0.15, 0.2) is 5.78 Å². The van der Waals surface area contributed by atoms with Gasteiger partial charge in [-0.15, -0.1) is 0 Å². The van der Waals surface area contributed by atoms with Crippen molar-refractivity contribution in [3.05, 3.63) is 65.2 Å². The molecule has 0 radical (unpaired) electrons. The lowest BCUT2D eigenvalue weighted by molar-refractivity contribution is -0.113. The van der Waals surface area contributed by atoms with Crippen LogP contribution in [0.5, 0.6) is 0 Å². The first-order valence-electron chi connectivity index (χ1n) is 8.57. The molecule has 0 spiro atoms. The Morgan fingerprint density at radius 3 is 2.50 bits per heavy atom. The summed E-state index contributed by atoms with van der Waals surface area (Å²) in [6, 6.07) is 9.61. The molecule has 0 atom stereocenters. The van der Waals surface area contributed by atoms with E-state index in [1.54, 1.807) is 23.4 Å². The fourth-order valence-electron chi connectivity index (χ4n) is 2.71. The van der Waals surface area contributed by atoms with Crippen molar-refractivity contribution >= 4 is 23.1 Å². The summed E-state index contributed by atoms with van der Waals surface area (Å²) in [5, 5.41) is 2.93. The molecule has 0 fully saturated rings. The normalized spacial score (nSPS) is 13.3. The number of carbonyl (C=O) groups is 2. The number of ketones is 1. The van der Waals surface area contributed by atoms with Crippen molar-refractivity contribution in [3.63, 3.8) is 0 Å². The molecule has 0 aliphatic carbocycles. The molecule has 5 heteroatoms. The number of rotatable bonds is 4. The van der Waals surface area contributed by atoms with Gasteiger partial charge in [0.2, 0.25) is 0 Å². The Balaban J connectivity index is 1.80. The molecule has 3 rings (SSSR count). The first kappa shape index (κ1) is 17.9. The summed E-state index contributed by atoms with van der Waals surface area (Å²) in [5.74, 6) is -0.228. The minimum atomic E-state index is -0.226. The Morgan fingerprint density at radius 1 is 1.15 bits per heavy atom. The number of aromatic nitrogens is 1. The molecule has 134 valence electrons. The summed E-state index contributed by atoms with van der Waals surface area (Å²) in [5.41, 5.74) is 4.51. The second-order valence-electron chi connectivity index (χ2n) is 7.55. The Hall–Kier alpha value is -2.95. The first-order chi connectivity index (χ1) is 12.2. The fraction of sp³-hybridized carbons (Fsp3) is 0.286. The number of nitrogens with one attached hydrogen (secondary N) is 1. The molecule has 0 saturated heterocycles. The van der Waals surface area contributed by atoms with E-state index in [0.29, 0.717) is 11.3 Å². The molecule has 26 heavy (non-hydrogen) atoms. The van der Waals surface area contributed by atoms with E-state index < -0.39 is 0 Å². The zero-order valence-electron chi connectivity index (χ0n) is 15.8. The molecule has 0 saturated carbocycles. The average molecular weight is 349 g/mol. The SMILES string of the molecule is CC(=O)C1=CN1c1cc(C(=O)Nc2cccc(C(C)(C)C)c2)cnc1C. The number of carbonyl (C=O) groups excluding carboxylic acids is 2. The molecule has 0 unspecified atom stereocenters. The summed E-state index contributed by atoms with van der Waals surface area (Å²) in [6.07, 6.45) is 3.31. The number of aryl methyl sites for hydroxylation is 1. The lowest BCUT2D eigenvalue weighted by atomic mass is 9.87. The Kier molecular flexibility index (Phi) is 4.40. The molecule has 0 bridgehead atoms. The van der Waals surface area contributed by atoms with Gasteiger partial charge >= 0.3 is 0 Å².